The first-order valence-corrected chi connectivity index (χ1v) is 10.8. The number of carbonyl (C=O) groups is 1. The molecule has 2 aliphatic rings. The summed E-state index contributed by atoms with van der Waals surface area (Å²) in [6.07, 6.45) is 4.43. The van der Waals surface area contributed by atoms with Crippen molar-refractivity contribution in [3.63, 3.8) is 0 Å². The molecule has 1 aromatic carbocycles. The van der Waals surface area contributed by atoms with Crippen molar-refractivity contribution in [2.45, 2.75) is 43.8 Å². The monoisotopic (exact) mass is 385 g/mol. The standard InChI is InChI=1S/C17H24ClN3O3S/c1-25(23,24)20-14-10-17(8-4-5-9-21(17)12-14)16(22)19-11-13-6-2-3-7-15(13)18/h2-3,6-7,14,20H,4-5,8-12H2,1H3,(H,19,22)/t14-,17-/m0/s1. The lowest BCUT2D eigenvalue weighted by Gasteiger charge is -2.40. The molecule has 25 heavy (non-hydrogen) atoms. The van der Waals surface area contributed by atoms with E-state index in [4.69, 9.17) is 11.6 Å². The third-order valence-corrected chi connectivity index (χ3v) is 6.23. The van der Waals surface area contributed by atoms with Gasteiger partial charge in [-0.2, -0.15) is 0 Å². The second kappa shape index (κ2) is 7.23. The summed E-state index contributed by atoms with van der Waals surface area (Å²) in [7, 11) is -3.29. The van der Waals surface area contributed by atoms with Crippen LogP contribution in [-0.4, -0.2) is 50.2 Å². The summed E-state index contributed by atoms with van der Waals surface area (Å²) in [5, 5.41) is 3.64. The molecule has 0 unspecified atom stereocenters. The van der Waals surface area contributed by atoms with Crippen LogP contribution in [0.5, 0.6) is 0 Å². The zero-order valence-corrected chi connectivity index (χ0v) is 15.9. The van der Waals surface area contributed by atoms with E-state index in [9.17, 15) is 13.2 Å². The minimum Gasteiger partial charge on any atom is -0.350 e. The topological polar surface area (TPSA) is 78.5 Å². The van der Waals surface area contributed by atoms with Gasteiger partial charge in [-0.05, 0) is 43.9 Å². The van der Waals surface area contributed by atoms with Crippen molar-refractivity contribution in [1.82, 2.24) is 14.9 Å². The van der Waals surface area contributed by atoms with Crippen LogP contribution in [0, 0.1) is 0 Å². The maximum Gasteiger partial charge on any atom is 0.240 e. The highest BCUT2D eigenvalue weighted by molar-refractivity contribution is 7.88. The molecule has 3 rings (SSSR count). The molecule has 2 atom stereocenters. The first kappa shape index (κ1) is 18.6. The van der Waals surface area contributed by atoms with Crippen molar-refractivity contribution in [1.29, 1.82) is 0 Å². The van der Waals surface area contributed by atoms with E-state index in [1.54, 1.807) is 6.07 Å². The van der Waals surface area contributed by atoms with Gasteiger partial charge in [-0.15, -0.1) is 0 Å². The van der Waals surface area contributed by atoms with Crippen molar-refractivity contribution in [3.05, 3.63) is 34.9 Å². The lowest BCUT2D eigenvalue weighted by atomic mass is 9.85. The Hall–Kier alpha value is -1.15. The Bertz CT molecular complexity index is 755. The molecule has 0 aromatic heterocycles. The van der Waals surface area contributed by atoms with E-state index in [1.165, 1.54) is 0 Å². The summed E-state index contributed by atoms with van der Waals surface area (Å²) in [6.45, 7) is 1.77. The maximum atomic E-state index is 13.0. The van der Waals surface area contributed by atoms with Crippen LogP contribution in [0.25, 0.3) is 0 Å². The van der Waals surface area contributed by atoms with Crippen LogP contribution < -0.4 is 10.0 Å². The molecule has 2 saturated heterocycles. The first-order valence-electron chi connectivity index (χ1n) is 8.54. The Balaban J connectivity index is 1.73. The van der Waals surface area contributed by atoms with Crippen LogP contribution in [0.15, 0.2) is 24.3 Å². The largest absolute Gasteiger partial charge is 0.350 e. The predicted molar refractivity (Wildman–Crippen MR) is 97.8 cm³/mol. The van der Waals surface area contributed by atoms with Gasteiger partial charge in [-0.25, -0.2) is 13.1 Å². The average Bonchev–Trinajstić information content (AvgIpc) is 2.90. The Kier molecular flexibility index (Phi) is 5.39. The number of fused-ring (bicyclic) bond motifs is 1. The number of amides is 1. The summed E-state index contributed by atoms with van der Waals surface area (Å²) < 4.78 is 25.8. The van der Waals surface area contributed by atoms with Crippen LogP contribution in [0.4, 0.5) is 0 Å². The fourth-order valence-electron chi connectivity index (χ4n) is 4.04. The molecule has 8 heteroatoms. The van der Waals surface area contributed by atoms with Gasteiger partial charge in [0.25, 0.3) is 0 Å². The number of rotatable bonds is 5. The molecule has 2 N–H and O–H groups in total. The number of hydrogen-bond acceptors (Lipinski definition) is 4. The highest BCUT2D eigenvalue weighted by Gasteiger charge is 2.52. The van der Waals surface area contributed by atoms with Gasteiger partial charge < -0.3 is 5.32 Å². The molecule has 1 aromatic rings. The molecule has 1 amide bonds. The van der Waals surface area contributed by atoms with Gasteiger partial charge in [0.2, 0.25) is 15.9 Å². The van der Waals surface area contributed by atoms with Gasteiger partial charge in [0.1, 0.15) is 5.54 Å². The van der Waals surface area contributed by atoms with Gasteiger partial charge in [0, 0.05) is 24.2 Å². The molecule has 138 valence electrons. The van der Waals surface area contributed by atoms with Gasteiger partial charge in [0.15, 0.2) is 0 Å². The smallest absolute Gasteiger partial charge is 0.240 e. The number of nitrogens with zero attached hydrogens (tertiary/aromatic N) is 1. The predicted octanol–water partition coefficient (Wildman–Crippen LogP) is 1.50. The lowest BCUT2D eigenvalue weighted by molar-refractivity contribution is -0.134. The number of halogens is 1. The summed E-state index contributed by atoms with van der Waals surface area (Å²) in [6, 6.07) is 7.21. The number of carbonyl (C=O) groups excluding carboxylic acids is 1. The fraction of sp³-hybridized carbons (Fsp3) is 0.588. The second-order valence-corrected chi connectivity index (χ2v) is 9.19. The molecule has 0 bridgehead atoms. The van der Waals surface area contributed by atoms with Gasteiger partial charge in [-0.3, -0.25) is 9.69 Å². The molecule has 0 spiro atoms. The van der Waals surface area contributed by atoms with E-state index in [1.807, 2.05) is 18.2 Å². The SMILES string of the molecule is CS(=O)(=O)N[C@@H]1CN2CCCC[C@@]2(C(=O)NCc2ccccc2Cl)C1. The van der Waals surface area contributed by atoms with E-state index in [2.05, 4.69) is 14.9 Å². The number of nitrogens with one attached hydrogen (secondary N) is 2. The Labute approximate surface area is 154 Å². The molecule has 6 nitrogen and oxygen atoms in total. The van der Waals surface area contributed by atoms with Crippen LogP contribution in [0.3, 0.4) is 0 Å². The Morgan fingerprint density at radius 2 is 2.12 bits per heavy atom. The molecule has 2 heterocycles. The zero-order chi connectivity index (χ0) is 18.1. The van der Waals surface area contributed by atoms with Crippen LogP contribution >= 0.6 is 11.6 Å². The van der Waals surface area contributed by atoms with E-state index in [0.29, 0.717) is 24.5 Å². The minimum absolute atomic E-state index is 0.0371. The molecular weight excluding hydrogens is 362 g/mol. The van der Waals surface area contributed by atoms with Crippen LogP contribution in [0.2, 0.25) is 5.02 Å². The molecule has 0 radical (unpaired) electrons. The third-order valence-electron chi connectivity index (χ3n) is 5.10. The van der Waals surface area contributed by atoms with Crippen LogP contribution in [-0.2, 0) is 21.4 Å². The van der Waals surface area contributed by atoms with Crippen molar-refractivity contribution in [3.8, 4) is 0 Å². The molecular formula is C17H24ClN3O3S. The highest BCUT2D eigenvalue weighted by Crippen LogP contribution is 2.38. The summed E-state index contributed by atoms with van der Waals surface area (Å²) in [5.41, 5.74) is 0.252. The van der Waals surface area contributed by atoms with E-state index < -0.39 is 15.6 Å². The van der Waals surface area contributed by atoms with E-state index >= 15 is 0 Å². The number of piperidine rings is 1. The molecule has 0 saturated carbocycles. The van der Waals surface area contributed by atoms with Crippen molar-refractivity contribution in [2.24, 2.45) is 0 Å². The average molecular weight is 386 g/mol. The number of hydrogen-bond donors (Lipinski definition) is 2. The quantitative estimate of drug-likeness (QED) is 0.805. The molecule has 2 fully saturated rings. The van der Waals surface area contributed by atoms with Gasteiger partial charge in [0.05, 0.1) is 6.26 Å². The second-order valence-electron chi connectivity index (χ2n) is 7.00. The maximum absolute atomic E-state index is 13.0. The number of benzene rings is 1. The molecule has 0 aliphatic carbocycles. The van der Waals surface area contributed by atoms with Crippen molar-refractivity contribution in [2.75, 3.05) is 19.3 Å². The third kappa shape index (κ3) is 4.16. The van der Waals surface area contributed by atoms with Crippen LogP contribution in [0.1, 0.15) is 31.2 Å². The fourth-order valence-corrected chi connectivity index (χ4v) is 5.01. The highest BCUT2D eigenvalue weighted by atomic mass is 35.5. The van der Waals surface area contributed by atoms with Crippen molar-refractivity contribution < 1.29 is 13.2 Å². The van der Waals surface area contributed by atoms with Crippen molar-refractivity contribution >= 4 is 27.5 Å². The summed E-state index contributed by atoms with van der Waals surface area (Å²) in [5.74, 6) is -0.0371. The summed E-state index contributed by atoms with van der Waals surface area (Å²) in [4.78, 5) is 15.2. The summed E-state index contributed by atoms with van der Waals surface area (Å²) >= 11 is 6.16. The molecule has 2 aliphatic heterocycles. The Morgan fingerprint density at radius 1 is 1.36 bits per heavy atom. The lowest BCUT2D eigenvalue weighted by Crippen LogP contribution is -2.57. The Morgan fingerprint density at radius 3 is 2.84 bits per heavy atom. The minimum atomic E-state index is -3.29. The first-order chi connectivity index (χ1) is 11.8. The van der Waals surface area contributed by atoms with E-state index in [-0.39, 0.29) is 11.9 Å². The number of sulfonamides is 1. The van der Waals surface area contributed by atoms with Gasteiger partial charge >= 0.3 is 0 Å². The van der Waals surface area contributed by atoms with Gasteiger partial charge in [-0.1, -0.05) is 29.8 Å². The van der Waals surface area contributed by atoms with E-state index in [0.717, 1.165) is 37.6 Å². The normalized spacial score (nSPS) is 27.0. The zero-order valence-electron chi connectivity index (χ0n) is 14.3.